The fraction of sp³-hybridized carbons (Fsp3) is 0.533. The zero-order chi connectivity index (χ0) is 16.3. The molecular weight excluding hydrogens is 340 g/mol. The lowest BCUT2D eigenvalue weighted by Crippen LogP contribution is -2.43. The molecule has 1 aromatic rings. The maximum atomic E-state index is 12.7. The van der Waals surface area contributed by atoms with E-state index < -0.39 is 16.0 Å². The van der Waals surface area contributed by atoms with E-state index in [0.717, 1.165) is 12.8 Å². The number of carbonyl (C=O) groups excluding carboxylic acids is 1. The molecule has 1 aliphatic rings. The molecule has 0 unspecified atom stereocenters. The Morgan fingerprint density at radius 1 is 1.30 bits per heavy atom. The van der Waals surface area contributed by atoms with Crippen molar-refractivity contribution in [3.63, 3.8) is 0 Å². The molecule has 1 saturated heterocycles. The molecule has 1 N–H and O–H groups in total. The van der Waals surface area contributed by atoms with Gasteiger partial charge in [0.05, 0.1) is 17.6 Å². The van der Waals surface area contributed by atoms with Crippen LogP contribution in [-0.4, -0.2) is 52.0 Å². The molecule has 0 aromatic heterocycles. The molecule has 0 radical (unpaired) electrons. The number of hydrogen-bond donors (Lipinski definition) is 1. The van der Waals surface area contributed by atoms with Gasteiger partial charge in [0.1, 0.15) is 0 Å². The Balaban J connectivity index is 0.00000264. The largest absolute Gasteiger partial charge is 0.465 e. The van der Waals surface area contributed by atoms with Crippen LogP contribution in [0.15, 0.2) is 23.1 Å². The van der Waals surface area contributed by atoms with E-state index in [2.05, 4.69) is 5.32 Å². The van der Waals surface area contributed by atoms with Gasteiger partial charge < -0.3 is 10.1 Å². The number of sulfonamides is 1. The van der Waals surface area contributed by atoms with Crippen LogP contribution in [0.2, 0.25) is 0 Å². The Kier molecular flexibility index (Phi) is 7.01. The van der Waals surface area contributed by atoms with E-state index in [-0.39, 0.29) is 22.9 Å². The number of piperidine rings is 1. The summed E-state index contributed by atoms with van der Waals surface area (Å²) in [5.41, 5.74) is 0.980. The molecule has 0 aliphatic carbocycles. The molecule has 2 rings (SSSR count). The first-order valence-corrected chi connectivity index (χ1v) is 8.70. The maximum absolute atomic E-state index is 12.7. The van der Waals surface area contributed by atoms with Crippen LogP contribution in [0.25, 0.3) is 0 Å². The number of ether oxygens (including phenoxy) is 1. The minimum atomic E-state index is -3.58. The minimum Gasteiger partial charge on any atom is -0.465 e. The van der Waals surface area contributed by atoms with Gasteiger partial charge in [-0.2, -0.15) is 4.31 Å². The molecule has 1 aromatic carbocycles. The van der Waals surface area contributed by atoms with Gasteiger partial charge in [-0.1, -0.05) is 6.07 Å². The molecule has 0 amide bonds. The number of esters is 1. The summed E-state index contributed by atoms with van der Waals surface area (Å²) in [7, 11) is -0.407. The van der Waals surface area contributed by atoms with Gasteiger partial charge in [0.25, 0.3) is 0 Å². The Labute approximate surface area is 143 Å². The fourth-order valence-electron chi connectivity index (χ4n) is 2.63. The van der Waals surface area contributed by atoms with Crippen LogP contribution in [0.4, 0.5) is 0 Å². The maximum Gasteiger partial charge on any atom is 0.338 e. The molecule has 6 nitrogen and oxygen atoms in total. The standard InChI is InChI=1S/C15H22N2O4S.ClH/c1-11-4-5-13(10-14(11)15(18)21-3)22(19,20)17-8-6-12(16-2)7-9-17;/h4-5,10,12,16H,6-9H2,1-3H3;1H. The number of benzene rings is 1. The summed E-state index contributed by atoms with van der Waals surface area (Å²) in [4.78, 5) is 11.9. The second kappa shape index (κ2) is 8.10. The third-order valence-corrected chi connectivity index (χ3v) is 6.01. The summed E-state index contributed by atoms with van der Waals surface area (Å²) in [6.45, 7) is 2.71. The molecule has 8 heteroatoms. The van der Waals surface area contributed by atoms with E-state index in [1.54, 1.807) is 19.1 Å². The summed E-state index contributed by atoms with van der Waals surface area (Å²) >= 11 is 0. The third-order valence-electron chi connectivity index (χ3n) is 4.11. The minimum absolute atomic E-state index is 0. The number of carbonyl (C=O) groups is 1. The van der Waals surface area contributed by atoms with Crippen LogP contribution in [-0.2, 0) is 14.8 Å². The predicted octanol–water partition coefficient (Wildman–Crippen LogP) is 1.58. The first-order chi connectivity index (χ1) is 10.4. The number of methoxy groups -OCH3 is 1. The van der Waals surface area contributed by atoms with Gasteiger partial charge in [-0.25, -0.2) is 13.2 Å². The van der Waals surface area contributed by atoms with E-state index in [1.165, 1.54) is 17.5 Å². The van der Waals surface area contributed by atoms with E-state index >= 15 is 0 Å². The summed E-state index contributed by atoms with van der Waals surface area (Å²) in [5, 5.41) is 3.17. The SMILES string of the molecule is CNC1CCN(S(=O)(=O)c2ccc(C)c(C(=O)OC)c2)CC1.Cl. The van der Waals surface area contributed by atoms with Gasteiger partial charge in [0, 0.05) is 19.1 Å². The number of hydrogen-bond acceptors (Lipinski definition) is 5. The zero-order valence-corrected chi connectivity index (χ0v) is 15.2. The molecule has 0 spiro atoms. The van der Waals surface area contributed by atoms with Crippen molar-refractivity contribution < 1.29 is 17.9 Å². The first kappa shape index (κ1) is 19.9. The predicted molar refractivity (Wildman–Crippen MR) is 90.6 cm³/mol. The number of aryl methyl sites for hydroxylation is 1. The Bertz CT molecular complexity index is 655. The first-order valence-electron chi connectivity index (χ1n) is 7.26. The normalized spacial score (nSPS) is 16.7. The van der Waals surface area contributed by atoms with Gasteiger partial charge in [0.2, 0.25) is 10.0 Å². The van der Waals surface area contributed by atoms with Crippen molar-refractivity contribution in [1.82, 2.24) is 9.62 Å². The smallest absolute Gasteiger partial charge is 0.338 e. The van der Waals surface area contributed by atoms with Crippen LogP contribution >= 0.6 is 12.4 Å². The summed E-state index contributed by atoms with van der Waals surface area (Å²) in [6, 6.07) is 4.94. The van der Waals surface area contributed by atoms with E-state index in [4.69, 9.17) is 4.74 Å². The molecule has 1 aliphatic heterocycles. The average molecular weight is 363 g/mol. The van der Waals surface area contributed by atoms with Gasteiger partial charge in [0.15, 0.2) is 0 Å². The van der Waals surface area contributed by atoms with E-state index in [0.29, 0.717) is 24.7 Å². The lowest BCUT2D eigenvalue weighted by atomic mass is 10.1. The number of halogens is 1. The highest BCUT2D eigenvalue weighted by Gasteiger charge is 2.29. The van der Waals surface area contributed by atoms with Crippen LogP contribution in [0.5, 0.6) is 0 Å². The molecule has 0 bridgehead atoms. The van der Waals surface area contributed by atoms with Crippen LogP contribution < -0.4 is 5.32 Å². The number of nitrogens with zero attached hydrogens (tertiary/aromatic N) is 1. The Hall–Kier alpha value is -1.15. The molecule has 130 valence electrons. The van der Waals surface area contributed by atoms with E-state index in [9.17, 15) is 13.2 Å². The fourth-order valence-corrected chi connectivity index (χ4v) is 4.12. The number of nitrogens with one attached hydrogen (secondary N) is 1. The van der Waals surface area contributed by atoms with Crippen LogP contribution in [0, 0.1) is 6.92 Å². The van der Waals surface area contributed by atoms with Crippen LogP contribution in [0.1, 0.15) is 28.8 Å². The topological polar surface area (TPSA) is 75.7 Å². The highest BCUT2D eigenvalue weighted by Crippen LogP contribution is 2.23. The summed E-state index contributed by atoms with van der Waals surface area (Å²) in [6.07, 6.45) is 1.57. The van der Waals surface area contributed by atoms with Crippen molar-refractivity contribution in [2.24, 2.45) is 0 Å². The lowest BCUT2D eigenvalue weighted by Gasteiger charge is -2.31. The quantitative estimate of drug-likeness (QED) is 0.823. The molecule has 1 heterocycles. The van der Waals surface area contributed by atoms with E-state index in [1.807, 2.05) is 7.05 Å². The zero-order valence-electron chi connectivity index (χ0n) is 13.5. The van der Waals surface area contributed by atoms with Gasteiger partial charge in [-0.15, -0.1) is 12.4 Å². The average Bonchev–Trinajstić information content (AvgIpc) is 2.54. The lowest BCUT2D eigenvalue weighted by molar-refractivity contribution is 0.0599. The van der Waals surface area contributed by atoms with Crippen molar-refractivity contribution in [2.45, 2.75) is 30.7 Å². The molecule has 1 fully saturated rings. The summed E-state index contributed by atoms with van der Waals surface area (Å²) < 4.78 is 31.6. The monoisotopic (exact) mass is 362 g/mol. The van der Waals surface area contributed by atoms with Crippen LogP contribution in [0.3, 0.4) is 0 Å². The Morgan fingerprint density at radius 2 is 1.91 bits per heavy atom. The molecule has 0 atom stereocenters. The molecular formula is C15H23ClN2O4S. The highest BCUT2D eigenvalue weighted by atomic mass is 35.5. The highest BCUT2D eigenvalue weighted by molar-refractivity contribution is 7.89. The van der Waals surface area contributed by atoms with Gasteiger partial charge in [-0.05, 0) is 44.5 Å². The summed E-state index contributed by atoms with van der Waals surface area (Å²) in [5.74, 6) is -0.525. The van der Waals surface area contributed by atoms with Crippen molar-refractivity contribution in [3.8, 4) is 0 Å². The van der Waals surface area contributed by atoms with Gasteiger partial charge >= 0.3 is 5.97 Å². The molecule has 0 saturated carbocycles. The second-order valence-electron chi connectivity index (χ2n) is 5.44. The third kappa shape index (κ3) is 4.23. The van der Waals surface area contributed by atoms with Crippen molar-refractivity contribution in [3.05, 3.63) is 29.3 Å². The Morgan fingerprint density at radius 3 is 2.43 bits per heavy atom. The second-order valence-corrected chi connectivity index (χ2v) is 7.37. The molecule has 23 heavy (non-hydrogen) atoms. The van der Waals surface area contributed by atoms with Crippen molar-refractivity contribution >= 4 is 28.4 Å². The van der Waals surface area contributed by atoms with Crippen molar-refractivity contribution in [2.75, 3.05) is 27.2 Å². The van der Waals surface area contributed by atoms with Gasteiger partial charge in [-0.3, -0.25) is 0 Å². The number of rotatable bonds is 4. The van der Waals surface area contributed by atoms with Crippen molar-refractivity contribution in [1.29, 1.82) is 0 Å².